The van der Waals surface area contributed by atoms with Gasteiger partial charge in [-0.25, -0.2) is 4.79 Å². The van der Waals surface area contributed by atoms with Crippen LogP contribution in [0.15, 0.2) is 53.7 Å². The van der Waals surface area contributed by atoms with Crippen molar-refractivity contribution >= 4 is 46.9 Å². The molecule has 0 aliphatic heterocycles. The third kappa shape index (κ3) is 6.46. The molecule has 162 valence electrons. The molecule has 0 atom stereocenters. The normalized spacial score (nSPS) is 10.7. The first-order chi connectivity index (χ1) is 15.0. The molecule has 1 heterocycles. The van der Waals surface area contributed by atoms with Gasteiger partial charge in [0.15, 0.2) is 11.0 Å². The van der Waals surface area contributed by atoms with E-state index in [0.717, 1.165) is 12.0 Å². The molecule has 10 heteroatoms. The lowest BCUT2D eigenvalue weighted by atomic mass is 10.2. The predicted molar refractivity (Wildman–Crippen MR) is 124 cm³/mol. The quantitative estimate of drug-likeness (QED) is 0.461. The standard InChI is InChI=1S/C21H21Cl2N5O2S/c1-2-10-24-20(30)25-18(29)13-31-21-27-26-19(16-9-8-15(22)11-17(16)23)28(21)12-14-6-4-3-5-7-14/h3-9,11H,2,10,12-13H2,1H3,(H2,24,25,29,30). The number of carbonyl (C=O) groups excluding carboxylic acids is 2. The third-order valence-corrected chi connectivity index (χ3v) is 5.71. The molecule has 3 rings (SSSR count). The van der Waals surface area contributed by atoms with Crippen molar-refractivity contribution in [2.24, 2.45) is 0 Å². The number of amides is 3. The van der Waals surface area contributed by atoms with Crippen molar-refractivity contribution in [2.45, 2.75) is 25.0 Å². The Kier molecular flexibility index (Phi) is 8.34. The molecule has 0 bridgehead atoms. The zero-order valence-corrected chi connectivity index (χ0v) is 19.1. The van der Waals surface area contributed by atoms with Crippen molar-refractivity contribution in [2.75, 3.05) is 12.3 Å². The van der Waals surface area contributed by atoms with Crippen molar-refractivity contribution in [3.05, 3.63) is 64.1 Å². The van der Waals surface area contributed by atoms with Gasteiger partial charge in [0.1, 0.15) is 0 Å². The molecule has 3 aromatic rings. The minimum absolute atomic E-state index is 0.0147. The van der Waals surface area contributed by atoms with Crippen molar-refractivity contribution in [3.63, 3.8) is 0 Å². The van der Waals surface area contributed by atoms with Gasteiger partial charge < -0.3 is 5.32 Å². The first-order valence-electron chi connectivity index (χ1n) is 9.61. The molecule has 0 radical (unpaired) electrons. The number of rotatable bonds is 8. The number of imide groups is 1. The number of hydrogen-bond acceptors (Lipinski definition) is 5. The first-order valence-corrected chi connectivity index (χ1v) is 11.3. The Balaban J connectivity index is 1.82. The number of benzene rings is 2. The summed E-state index contributed by atoms with van der Waals surface area (Å²) in [5, 5.41) is 15.0. The van der Waals surface area contributed by atoms with Crippen LogP contribution in [0.25, 0.3) is 11.4 Å². The molecule has 0 unspecified atom stereocenters. The number of thioether (sulfide) groups is 1. The van der Waals surface area contributed by atoms with E-state index in [1.54, 1.807) is 18.2 Å². The summed E-state index contributed by atoms with van der Waals surface area (Å²) in [6, 6.07) is 14.5. The molecule has 1 aromatic heterocycles. The van der Waals surface area contributed by atoms with Gasteiger partial charge in [0.2, 0.25) is 5.91 Å². The van der Waals surface area contributed by atoms with Crippen LogP contribution in [0.4, 0.5) is 4.79 Å². The molecule has 0 aliphatic carbocycles. The van der Waals surface area contributed by atoms with Crippen LogP contribution in [0.5, 0.6) is 0 Å². The lowest BCUT2D eigenvalue weighted by Crippen LogP contribution is -2.40. The minimum atomic E-state index is -0.508. The number of halogens is 2. The van der Waals surface area contributed by atoms with Gasteiger partial charge in [0, 0.05) is 17.1 Å². The Bertz CT molecular complexity index is 1060. The number of nitrogens with one attached hydrogen (secondary N) is 2. The van der Waals surface area contributed by atoms with Gasteiger partial charge in [0.05, 0.1) is 17.3 Å². The molecular formula is C21H21Cl2N5O2S. The summed E-state index contributed by atoms with van der Waals surface area (Å²) in [6.45, 7) is 2.92. The van der Waals surface area contributed by atoms with Gasteiger partial charge in [-0.1, -0.05) is 72.2 Å². The van der Waals surface area contributed by atoms with E-state index in [2.05, 4.69) is 20.8 Å². The van der Waals surface area contributed by atoms with Crippen LogP contribution in [0, 0.1) is 0 Å². The van der Waals surface area contributed by atoms with Crippen molar-refractivity contribution in [1.82, 2.24) is 25.4 Å². The van der Waals surface area contributed by atoms with E-state index < -0.39 is 11.9 Å². The highest BCUT2D eigenvalue weighted by molar-refractivity contribution is 7.99. The molecule has 3 amide bonds. The summed E-state index contributed by atoms with van der Waals surface area (Å²) in [6.07, 6.45) is 0.787. The zero-order chi connectivity index (χ0) is 22.2. The third-order valence-electron chi connectivity index (χ3n) is 4.19. The molecular weight excluding hydrogens is 457 g/mol. The Morgan fingerprint density at radius 3 is 2.58 bits per heavy atom. The minimum Gasteiger partial charge on any atom is -0.338 e. The number of hydrogen-bond donors (Lipinski definition) is 2. The van der Waals surface area contributed by atoms with E-state index in [0.29, 0.717) is 39.7 Å². The first kappa shape index (κ1) is 23.1. The van der Waals surface area contributed by atoms with Crippen molar-refractivity contribution in [1.29, 1.82) is 0 Å². The maximum Gasteiger partial charge on any atom is 0.321 e. The predicted octanol–water partition coefficient (Wildman–Crippen LogP) is 4.63. The van der Waals surface area contributed by atoms with Crippen LogP contribution in [0.1, 0.15) is 18.9 Å². The second kappa shape index (κ2) is 11.2. The topological polar surface area (TPSA) is 88.9 Å². The number of carbonyl (C=O) groups is 2. The number of urea groups is 1. The van der Waals surface area contributed by atoms with E-state index in [-0.39, 0.29) is 5.75 Å². The van der Waals surface area contributed by atoms with E-state index in [9.17, 15) is 9.59 Å². The monoisotopic (exact) mass is 477 g/mol. The summed E-state index contributed by atoms with van der Waals surface area (Å²) in [5.41, 5.74) is 1.73. The molecule has 0 saturated heterocycles. The second-order valence-electron chi connectivity index (χ2n) is 6.59. The molecule has 0 aliphatic rings. The fraction of sp³-hybridized carbons (Fsp3) is 0.238. The lowest BCUT2D eigenvalue weighted by Gasteiger charge is -2.11. The summed E-state index contributed by atoms with van der Waals surface area (Å²) in [5.74, 6) is 0.161. The van der Waals surface area contributed by atoms with Crippen LogP contribution in [0.3, 0.4) is 0 Å². The van der Waals surface area contributed by atoms with E-state index in [1.165, 1.54) is 11.8 Å². The summed E-state index contributed by atoms with van der Waals surface area (Å²) >= 11 is 13.6. The molecule has 7 nitrogen and oxygen atoms in total. The molecule has 2 aromatic carbocycles. The van der Waals surface area contributed by atoms with Crippen LogP contribution >= 0.6 is 35.0 Å². The average Bonchev–Trinajstić information content (AvgIpc) is 3.13. The maximum atomic E-state index is 12.1. The average molecular weight is 478 g/mol. The van der Waals surface area contributed by atoms with E-state index in [1.807, 2.05) is 41.8 Å². The van der Waals surface area contributed by atoms with Gasteiger partial charge in [-0.05, 0) is 30.2 Å². The van der Waals surface area contributed by atoms with Gasteiger partial charge in [-0.3, -0.25) is 14.7 Å². The molecule has 31 heavy (non-hydrogen) atoms. The molecule has 0 saturated carbocycles. The second-order valence-corrected chi connectivity index (χ2v) is 8.38. The summed E-state index contributed by atoms with van der Waals surface area (Å²) < 4.78 is 1.89. The highest BCUT2D eigenvalue weighted by Crippen LogP contribution is 2.32. The smallest absolute Gasteiger partial charge is 0.321 e. The lowest BCUT2D eigenvalue weighted by molar-refractivity contribution is -0.117. The highest BCUT2D eigenvalue weighted by atomic mass is 35.5. The number of aromatic nitrogens is 3. The Morgan fingerprint density at radius 2 is 1.87 bits per heavy atom. The van der Waals surface area contributed by atoms with Crippen LogP contribution in [-0.4, -0.2) is 39.0 Å². The Hall–Kier alpha value is -2.55. The van der Waals surface area contributed by atoms with Gasteiger partial charge in [-0.15, -0.1) is 10.2 Å². The fourth-order valence-electron chi connectivity index (χ4n) is 2.75. The van der Waals surface area contributed by atoms with E-state index >= 15 is 0 Å². The highest BCUT2D eigenvalue weighted by Gasteiger charge is 2.18. The summed E-state index contributed by atoms with van der Waals surface area (Å²) in [7, 11) is 0. The Morgan fingerprint density at radius 1 is 1.10 bits per heavy atom. The SMILES string of the molecule is CCCNC(=O)NC(=O)CSc1nnc(-c2ccc(Cl)cc2Cl)n1Cc1ccccc1. The van der Waals surface area contributed by atoms with Crippen LogP contribution in [0.2, 0.25) is 10.0 Å². The molecule has 0 fully saturated rings. The largest absolute Gasteiger partial charge is 0.338 e. The van der Waals surface area contributed by atoms with Crippen molar-refractivity contribution in [3.8, 4) is 11.4 Å². The van der Waals surface area contributed by atoms with Gasteiger partial charge >= 0.3 is 6.03 Å². The molecule has 2 N–H and O–H groups in total. The Labute approximate surface area is 194 Å². The van der Waals surface area contributed by atoms with E-state index in [4.69, 9.17) is 23.2 Å². The maximum absolute atomic E-state index is 12.1. The number of nitrogens with zero attached hydrogens (tertiary/aromatic N) is 3. The van der Waals surface area contributed by atoms with Crippen LogP contribution in [-0.2, 0) is 11.3 Å². The van der Waals surface area contributed by atoms with Crippen molar-refractivity contribution < 1.29 is 9.59 Å². The van der Waals surface area contributed by atoms with Gasteiger partial charge in [0.25, 0.3) is 0 Å². The molecule has 0 spiro atoms. The zero-order valence-electron chi connectivity index (χ0n) is 16.8. The van der Waals surface area contributed by atoms with Crippen LogP contribution < -0.4 is 10.6 Å². The summed E-state index contributed by atoms with van der Waals surface area (Å²) in [4.78, 5) is 23.8. The fourth-order valence-corrected chi connectivity index (χ4v) is 3.98. The van der Waals surface area contributed by atoms with Gasteiger partial charge in [-0.2, -0.15) is 0 Å².